The normalized spacial score (nSPS) is 13.9. The fraction of sp³-hybridized carbons (Fsp3) is 0.188. The van der Waals surface area contributed by atoms with Crippen LogP contribution in [0.15, 0.2) is 36.4 Å². The molecule has 0 amide bonds. The number of rotatable bonds is 2. The molecule has 1 aliphatic heterocycles. The molecular weight excluding hydrogens is 260 g/mol. The van der Waals surface area contributed by atoms with Crippen molar-refractivity contribution in [2.45, 2.75) is 13.0 Å². The Labute approximate surface area is 115 Å². The summed E-state index contributed by atoms with van der Waals surface area (Å²) in [4.78, 5) is 12.3. The van der Waals surface area contributed by atoms with Crippen molar-refractivity contribution in [2.75, 3.05) is 6.54 Å². The second-order valence-electron chi connectivity index (χ2n) is 4.87. The summed E-state index contributed by atoms with van der Waals surface area (Å²) in [6, 6.07) is 8.72. The van der Waals surface area contributed by atoms with E-state index in [0.29, 0.717) is 5.56 Å². The maximum absolute atomic E-state index is 13.2. The summed E-state index contributed by atoms with van der Waals surface area (Å²) < 4.78 is 26.1. The van der Waals surface area contributed by atoms with Crippen molar-refractivity contribution in [3.05, 3.63) is 70.3 Å². The first-order valence-electron chi connectivity index (χ1n) is 6.47. The van der Waals surface area contributed by atoms with Crippen LogP contribution in [0.1, 0.15) is 27.0 Å². The lowest BCUT2D eigenvalue weighted by Gasteiger charge is -2.17. The zero-order valence-electron chi connectivity index (χ0n) is 10.7. The van der Waals surface area contributed by atoms with E-state index in [4.69, 9.17) is 0 Å². The molecule has 2 aromatic rings. The van der Waals surface area contributed by atoms with Crippen LogP contribution < -0.4 is 5.32 Å². The molecule has 2 aromatic carbocycles. The van der Waals surface area contributed by atoms with Crippen molar-refractivity contribution in [3.63, 3.8) is 0 Å². The van der Waals surface area contributed by atoms with Crippen molar-refractivity contribution < 1.29 is 13.6 Å². The van der Waals surface area contributed by atoms with Crippen LogP contribution >= 0.6 is 0 Å². The number of halogens is 2. The van der Waals surface area contributed by atoms with Crippen LogP contribution in [0.5, 0.6) is 0 Å². The van der Waals surface area contributed by atoms with Crippen molar-refractivity contribution >= 4 is 5.78 Å². The van der Waals surface area contributed by atoms with Crippen LogP contribution in [-0.4, -0.2) is 12.3 Å². The molecule has 0 radical (unpaired) electrons. The van der Waals surface area contributed by atoms with Crippen molar-refractivity contribution in [2.24, 2.45) is 0 Å². The standard InChI is InChI=1S/C16H13F2NO/c17-14-4-3-12(8-15(14)18)16(20)11-2-1-10-5-6-19-9-13(10)7-11/h1-4,7-8,19H,5-6,9H2. The highest BCUT2D eigenvalue weighted by Gasteiger charge is 2.15. The molecule has 0 bridgehead atoms. The zero-order valence-corrected chi connectivity index (χ0v) is 10.7. The molecule has 0 saturated carbocycles. The third kappa shape index (κ3) is 2.34. The number of ketones is 1. The summed E-state index contributed by atoms with van der Waals surface area (Å²) in [5.41, 5.74) is 2.97. The maximum Gasteiger partial charge on any atom is 0.193 e. The minimum absolute atomic E-state index is 0.160. The van der Waals surface area contributed by atoms with E-state index in [1.807, 2.05) is 12.1 Å². The average Bonchev–Trinajstić information content (AvgIpc) is 2.49. The Morgan fingerprint density at radius 1 is 0.950 bits per heavy atom. The van der Waals surface area contributed by atoms with Gasteiger partial charge in [-0.3, -0.25) is 4.79 Å². The van der Waals surface area contributed by atoms with E-state index >= 15 is 0 Å². The molecule has 1 N–H and O–H groups in total. The molecule has 0 saturated heterocycles. The number of carbonyl (C=O) groups is 1. The van der Waals surface area contributed by atoms with E-state index in [-0.39, 0.29) is 11.3 Å². The van der Waals surface area contributed by atoms with Crippen molar-refractivity contribution in [1.82, 2.24) is 5.32 Å². The largest absolute Gasteiger partial charge is 0.312 e. The van der Waals surface area contributed by atoms with Gasteiger partial charge in [0.15, 0.2) is 17.4 Å². The van der Waals surface area contributed by atoms with Crippen LogP contribution in [0, 0.1) is 11.6 Å². The van der Waals surface area contributed by atoms with Crippen LogP contribution in [0.3, 0.4) is 0 Å². The molecule has 0 atom stereocenters. The van der Waals surface area contributed by atoms with E-state index in [9.17, 15) is 13.6 Å². The molecule has 1 aliphatic rings. The van der Waals surface area contributed by atoms with Gasteiger partial charge in [-0.1, -0.05) is 12.1 Å². The summed E-state index contributed by atoms with van der Waals surface area (Å²) in [6.07, 6.45) is 0.939. The van der Waals surface area contributed by atoms with E-state index in [1.165, 1.54) is 11.6 Å². The van der Waals surface area contributed by atoms with Gasteiger partial charge in [0.05, 0.1) is 0 Å². The molecule has 4 heteroatoms. The highest BCUT2D eigenvalue weighted by atomic mass is 19.2. The molecule has 0 fully saturated rings. The molecular formula is C16H13F2NO. The number of hydrogen-bond donors (Lipinski definition) is 1. The average molecular weight is 273 g/mol. The van der Waals surface area contributed by atoms with Crippen molar-refractivity contribution in [1.29, 1.82) is 0 Å². The first-order chi connectivity index (χ1) is 9.65. The molecule has 1 heterocycles. The van der Waals surface area contributed by atoms with Crippen LogP contribution in [0.4, 0.5) is 8.78 Å². The molecule has 0 aliphatic carbocycles. The molecule has 3 rings (SSSR count). The third-order valence-corrected chi connectivity index (χ3v) is 3.54. The fourth-order valence-corrected chi connectivity index (χ4v) is 2.43. The lowest BCUT2D eigenvalue weighted by atomic mass is 9.95. The molecule has 0 aromatic heterocycles. The number of fused-ring (bicyclic) bond motifs is 1. The maximum atomic E-state index is 13.2. The Kier molecular flexibility index (Phi) is 3.32. The number of benzene rings is 2. The highest BCUT2D eigenvalue weighted by Crippen LogP contribution is 2.19. The Morgan fingerprint density at radius 3 is 2.50 bits per heavy atom. The van der Waals surface area contributed by atoms with E-state index in [2.05, 4.69) is 5.32 Å². The van der Waals surface area contributed by atoms with Gasteiger partial charge >= 0.3 is 0 Å². The lowest BCUT2D eigenvalue weighted by Crippen LogP contribution is -2.23. The smallest absolute Gasteiger partial charge is 0.193 e. The van der Waals surface area contributed by atoms with Crippen LogP contribution in [0.25, 0.3) is 0 Å². The first kappa shape index (κ1) is 12.9. The van der Waals surface area contributed by atoms with E-state index in [1.54, 1.807) is 6.07 Å². The second kappa shape index (κ2) is 5.13. The molecule has 0 spiro atoms. The van der Waals surface area contributed by atoms with Gasteiger partial charge in [-0.2, -0.15) is 0 Å². The van der Waals surface area contributed by atoms with Crippen LogP contribution in [-0.2, 0) is 13.0 Å². The van der Waals surface area contributed by atoms with Gasteiger partial charge in [0, 0.05) is 17.7 Å². The predicted octanol–water partition coefficient (Wildman–Crippen LogP) is 2.84. The quantitative estimate of drug-likeness (QED) is 0.852. The highest BCUT2D eigenvalue weighted by molar-refractivity contribution is 6.09. The van der Waals surface area contributed by atoms with Gasteiger partial charge in [-0.15, -0.1) is 0 Å². The Bertz CT molecular complexity index is 682. The fourth-order valence-electron chi connectivity index (χ4n) is 2.43. The van der Waals surface area contributed by atoms with E-state index < -0.39 is 11.6 Å². The van der Waals surface area contributed by atoms with Gasteiger partial charge in [-0.05, 0) is 48.4 Å². The molecule has 102 valence electrons. The lowest BCUT2D eigenvalue weighted by molar-refractivity contribution is 0.103. The molecule has 20 heavy (non-hydrogen) atoms. The number of nitrogens with one attached hydrogen (secondary N) is 1. The zero-order chi connectivity index (χ0) is 14.1. The van der Waals surface area contributed by atoms with Gasteiger partial charge in [0.2, 0.25) is 0 Å². The van der Waals surface area contributed by atoms with Gasteiger partial charge in [-0.25, -0.2) is 8.78 Å². The third-order valence-electron chi connectivity index (χ3n) is 3.54. The van der Waals surface area contributed by atoms with E-state index in [0.717, 1.165) is 37.2 Å². The van der Waals surface area contributed by atoms with Crippen molar-refractivity contribution in [3.8, 4) is 0 Å². The topological polar surface area (TPSA) is 29.1 Å². The summed E-state index contributed by atoms with van der Waals surface area (Å²) in [5, 5.41) is 3.24. The number of carbonyl (C=O) groups excluding carboxylic acids is 1. The minimum Gasteiger partial charge on any atom is -0.312 e. The van der Waals surface area contributed by atoms with Crippen LogP contribution in [0.2, 0.25) is 0 Å². The predicted molar refractivity (Wildman–Crippen MR) is 71.6 cm³/mol. The Hall–Kier alpha value is -2.07. The van der Waals surface area contributed by atoms with Gasteiger partial charge < -0.3 is 5.32 Å². The van der Waals surface area contributed by atoms with Gasteiger partial charge in [0.1, 0.15) is 0 Å². The SMILES string of the molecule is O=C(c1ccc(F)c(F)c1)c1ccc2c(c1)CNCC2. The Morgan fingerprint density at radius 2 is 1.70 bits per heavy atom. The molecule has 0 unspecified atom stereocenters. The Balaban J connectivity index is 1.95. The second-order valence-corrected chi connectivity index (χ2v) is 4.87. The first-order valence-corrected chi connectivity index (χ1v) is 6.47. The summed E-state index contributed by atoms with van der Waals surface area (Å²) in [7, 11) is 0. The summed E-state index contributed by atoms with van der Waals surface area (Å²) >= 11 is 0. The molecule has 2 nitrogen and oxygen atoms in total. The summed E-state index contributed by atoms with van der Waals surface area (Å²) in [5.74, 6) is -2.25. The minimum atomic E-state index is -1.00. The number of hydrogen-bond acceptors (Lipinski definition) is 2. The van der Waals surface area contributed by atoms with Gasteiger partial charge in [0.25, 0.3) is 0 Å². The monoisotopic (exact) mass is 273 g/mol. The summed E-state index contributed by atoms with van der Waals surface area (Å²) in [6.45, 7) is 1.66.